The Bertz CT molecular complexity index is 615. The Morgan fingerprint density at radius 1 is 1.17 bits per heavy atom. The summed E-state index contributed by atoms with van der Waals surface area (Å²) in [6.45, 7) is 1.75. The summed E-state index contributed by atoms with van der Waals surface area (Å²) in [6, 6.07) is 3.26. The number of Topliss-reactive ketones (excluding diaryl/α,β-unsaturated/α-hetero) is 1. The van der Waals surface area contributed by atoms with Crippen molar-refractivity contribution in [3.63, 3.8) is 0 Å². The average Bonchev–Trinajstić information content (AvgIpc) is 2.49. The zero-order chi connectivity index (χ0) is 16.6. The van der Waals surface area contributed by atoms with Gasteiger partial charge in [0.25, 0.3) is 0 Å². The molecule has 0 aliphatic heterocycles. The van der Waals surface area contributed by atoms with Crippen LogP contribution in [0.3, 0.4) is 0 Å². The average molecular weight is 321 g/mol. The summed E-state index contributed by atoms with van der Waals surface area (Å²) in [5.74, 6) is -1.68. The molecule has 2 aliphatic rings. The number of rotatable bonds is 3. The molecule has 2 bridgehead atoms. The van der Waals surface area contributed by atoms with Crippen LogP contribution in [0.4, 0.5) is 8.78 Å². The second-order valence-electron chi connectivity index (χ2n) is 6.80. The highest BCUT2D eigenvalue weighted by atomic mass is 19.2. The summed E-state index contributed by atoms with van der Waals surface area (Å²) in [4.78, 5) is 24.6. The molecule has 1 unspecified atom stereocenters. The number of carbonyl (C=O) groups is 2. The first-order valence-corrected chi connectivity index (χ1v) is 8.24. The molecule has 0 aromatic heterocycles. The van der Waals surface area contributed by atoms with Crippen molar-refractivity contribution >= 4 is 11.7 Å². The fourth-order valence-electron chi connectivity index (χ4n) is 3.89. The maximum atomic E-state index is 13.3. The van der Waals surface area contributed by atoms with Gasteiger partial charge < -0.3 is 5.32 Å². The van der Waals surface area contributed by atoms with Gasteiger partial charge in [0.2, 0.25) is 5.91 Å². The van der Waals surface area contributed by atoms with Crippen molar-refractivity contribution in [2.45, 2.75) is 45.1 Å². The van der Waals surface area contributed by atoms with Crippen LogP contribution in [0, 0.1) is 29.4 Å². The molecule has 4 atom stereocenters. The van der Waals surface area contributed by atoms with E-state index in [9.17, 15) is 18.4 Å². The Kier molecular flexibility index (Phi) is 4.46. The standard InChI is InChI=1S/C18H21F2NO2/c1-10(11-5-6-15(19)16(20)9-11)21-18(23)14-7-12-3-2-4-13(8-14)17(12)22/h5-6,9-10,12-14H,2-4,7-8H2,1H3,(H,21,23)/t10-,12-,13+,14?/m0/s1. The van der Waals surface area contributed by atoms with Crippen LogP contribution < -0.4 is 5.32 Å². The van der Waals surface area contributed by atoms with Crippen LogP contribution in [0.1, 0.15) is 50.6 Å². The zero-order valence-corrected chi connectivity index (χ0v) is 13.1. The van der Waals surface area contributed by atoms with Crippen LogP contribution >= 0.6 is 0 Å². The molecule has 1 aromatic rings. The van der Waals surface area contributed by atoms with E-state index < -0.39 is 17.7 Å². The van der Waals surface area contributed by atoms with Gasteiger partial charge in [0.1, 0.15) is 5.78 Å². The first-order valence-electron chi connectivity index (χ1n) is 8.24. The Morgan fingerprint density at radius 2 is 1.83 bits per heavy atom. The molecule has 0 spiro atoms. The number of hydrogen-bond donors (Lipinski definition) is 1. The number of carbonyl (C=O) groups excluding carboxylic acids is 2. The van der Waals surface area contributed by atoms with Crippen molar-refractivity contribution in [2.24, 2.45) is 17.8 Å². The summed E-state index contributed by atoms with van der Waals surface area (Å²) >= 11 is 0. The number of amides is 1. The third-order valence-electron chi connectivity index (χ3n) is 5.22. The lowest BCUT2D eigenvalue weighted by molar-refractivity contribution is -0.137. The van der Waals surface area contributed by atoms with E-state index in [1.165, 1.54) is 6.07 Å². The number of halogens is 2. The minimum Gasteiger partial charge on any atom is -0.349 e. The Balaban J connectivity index is 1.64. The SMILES string of the molecule is C[C@H](NC(=O)C1C[C@H]2CCC[C@@H](C1)C2=O)c1ccc(F)c(F)c1. The maximum absolute atomic E-state index is 13.3. The van der Waals surface area contributed by atoms with E-state index in [2.05, 4.69) is 5.32 Å². The van der Waals surface area contributed by atoms with E-state index in [1.54, 1.807) is 6.92 Å². The molecule has 2 aliphatic carbocycles. The molecule has 1 N–H and O–H groups in total. The van der Waals surface area contributed by atoms with E-state index in [1.807, 2.05) is 0 Å². The quantitative estimate of drug-likeness (QED) is 0.925. The van der Waals surface area contributed by atoms with Crippen LogP contribution in [0.25, 0.3) is 0 Å². The van der Waals surface area contributed by atoms with Gasteiger partial charge in [-0.25, -0.2) is 8.78 Å². The minimum absolute atomic E-state index is 0.0248. The molecule has 5 heteroatoms. The number of nitrogens with one attached hydrogen (secondary N) is 1. The number of hydrogen-bond acceptors (Lipinski definition) is 2. The molecule has 0 radical (unpaired) electrons. The molecular formula is C18H21F2NO2. The summed E-state index contributed by atoms with van der Waals surface area (Å²) in [6.07, 6.45) is 4.08. The van der Waals surface area contributed by atoms with E-state index in [-0.39, 0.29) is 23.7 Å². The summed E-state index contributed by atoms with van der Waals surface area (Å²) in [5.41, 5.74) is 0.532. The molecule has 3 rings (SSSR count). The van der Waals surface area contributed by atoms with Crippen LogP contribution in [-0.4, -0.2) is 11.7 Å². The first-order chi connectivity index (χ1) is 11.0. The zero-order valence-electron chi connectivity index (χ0n) is 13.1. The predicted molar refractivity (Wildman–Crippen MR) is 81.5 cm³/mol. The highest BCUT2D eigenvalue weighted by Gasteiger charge is 2.41. The van der Waals surface area contributed by atoms with Crippen molar-refractivity contribution in [1.29, 1.82) is 0 Å². The van der Waals surface area contributed by atoms with Crippen LogP contribution in [-0.2, 0) is 9.59 Å². The Morgan fingerprint density at radius 3 is 2.43 bits per heavy atom. The minimum atomic E-state index is -0.915. The topological polar surface area (TPSA) is 46.2 Å². The van der Waals surface area contributed by atoms with Crippen molar-refractivity contribution in [3.05, 3.63) is 35.4 Å². The molecule has 2 saturated carbocycles. The molecule has 3 nitrogen and oxygen atoms in total. The number of fused-ring (bicyclic) bond motifs is 2. The lowest BCUT2D eigenvalue weighted by Gasteiger charge is -2.37. The normalized spacial score (nSPS) is 28.3. The number of ketones is 1. The highest BCUT2D eigenvalue weighted by molar-refractivity contribution is 5.88. The fraction of sp³-hybridized carbons (Fsp3) is 0.556. The lowest BCUT2D eigenvalue weighted by Crippen LogP contribution is -2.43. The molecule has 124 valence electrons. The van der Waals surface area contributed by atoms with Gasteiger partial charge in [-0.15, -0.1) is 0 Å². The molecule has 0 saturated heterocycles. The van der Waals surface area contributed by atoms with E-state index in [0.717, 1.165) is 31.4 Å². The summed E-state index contributed by atoms with van der Waals surface area (Å²) in [7, 11) is 0. The van der Waals surface area contributed by atoms with Gasteiger partial charge >= 0.3 is 0 Å². The molecule has 2 fully saturated rings. The molecule has 23 heavy (non-hydrogen) atoms. The second-order valence-corrected chi connectivity index (χ2v) is 6.80. The first kappa shape index (κ1) is 16.1. The van der Waals surface area contributed by atoms with Gasteiger partial charge in [-0.1, -0.05) is 12.5 Å². The van der Waals surface area contributed by atoms with Crippen molar-refractivity contribution in [2.75, 3.05) is 0 Å². The van der Waals surface area contributed by atoms with E-state index in [4.69, 9.17) is 0 Å². The van der Waals surface area contributed by atoms with Gasteiger partial charge in [-0.2, -0.15) is 0 Å². The Hall–Kier alpha value is -1.78. The van der Waals surface area contributed by atoms with Crippen molar-refractivity contribution < 1.29 is 18.4 Å². The molecule has 0 heterocycles. The molecular weight excluding hydrogens is 300 g/mol. The third-order valence-corrected chi connectivity index (χ3v) is 5.22. The fourth-order valence-corrected chi connectivity index (χ4v) is 3.89. The molecule has 1 aromatic carbocycles. The summed E-state index contributed by atoms with van der Waals surface area (Å²) in [5, 5.41) is 2.88. The molecule has 1 amide bonds. The van der Waals surface area contributed by atoms with Gasteiger partial charge in [0.05, 0.1) is 6.04 Å². The van der Waals surface area contributed by atoms with Gasteiger partial charge in [0.15, 0.2) is 11.6 Å². The largest absolute Gasteiger partial charge is 0.349 e. The van der Waals surface area contributed by atoms with Crippen molar-refractivity contribution in [1.82, 2.24) is 5.32 Å². The van der Waals surface area contributed by atoms with E-state index >= 15 is 0 Å². The van der Waals surface area contributed by atoms with Crippen LogP contribution in [0.5, 0.6) is 0 Å². The monoisotopic (exact) mass is 321 g/mol. The Labute approximate surface area is 134 Å². The van der Waals surface area contributed by atoms with Gasteiger partial charge in [-0.3, -0.25) is 9.59 Å². The third kappa shape index (κ3) is 3.28. The highest BCUT2D eigenvalue weighted by Crippen LogP contribution is 2.40. The maximum Gasteiger partial charge on any atom is 0.223 e. The lowest BCUT2D eigenvalue weighted by atomic mass is 9.67. The van der Waals surface area contributed by atoms with Gasteiger partial charge in [0, 0.05) is 17.8 Å². The predicted octanol–water partition coefficient (Wildman–Crippen LogP) is 3.54. The van der Waals surface area contributed by atoms with Crippen LogP contribution in [0.15, 0.2) is 18.2 Å². The van der Waals surface area contributed by atoms with E-state index in [0.29, 0.717) is 24.2 Å². The summed E-state index contributed by atoms with van der Waals surface area (Å²) < 4.78 is 26.3. The van der Waals surface area contributed by atoms with Gasteiger partial charge in [-0.05, 0) is 50.3 Å². The van der Waals surface area contributed by atoms with Crippen molar-refractivity contribution in [3.8, 4) is 0 Å². The number of benzene rings is 1. The second kappa shape index (κ2) is 6.38. The van der Waals surface area contributed by atoms with Crippen LogP contribution in [0.2, 0.25) is 0 Å². The smallest absolute Gasteiger partial charge is 0.223 e.